The van der Waals surface area contributed by atoms with Gasteiger partial charge in [-0.25, -0.2) is 4.98 Å². The molecule has 2 N–H and O–H groups in total. The Morgan fingerprint density at radius 2 is 1.84 bits per heavy atom. The van der Waals surface area contributed by atoms with E-state index in [1.807, 2.05) is 15.9 Å². The van der Waals surface area contributed by atoms with Gasteiger partial charge in [0.2, 0.25) is 11.9 Å². The Labute approximate surface area is 180 Å². The van der Waals surface area contributed by atoms with Gasteiger partial charge in [0.05, 0.1) is 26.0 Å². The van der Waals surface area contributed by atoms with Gasteiger partial charge < -0.3 is 29.4 Å². The fourth-order valence-electron chi connectivity index (χ4n) is 3.62. The first-order chi connectivity index (χ1) is 15.0. The fourth-order valence-corrected chi connectivity index (χ4v) is 3.62. The molecule has 0 saturated carbocycles. The maximum atomic E-state index is 12.7. The van der Waals surface area contributed by atoms with Gasteiger partial charge in [0.15, 0.2) is 11.5 Å². The zero-order valence-electron chi connectivity index (χ0n) is 17.8. The molecule has 4 rings (SSSR count). The van der Waals surface area contributed by atoms with E-state index in [9.17, 15) is 4.79 Å². The summed E-state index contributed by atoms with van der Waals surface area (Å²) < 4.78 is 16.0. The van der Waals surface area contributed by atoms with E-state index in [0.29, 0.717) is 71.7 Å². The number of nitrogens with two attached hydrogens (primary N) is 1. The molecular weight excluding hydrogens is 398 g/mol. The van der Waals surface area contributed by atoms with Crippen molar-refractivity contribution in [3.63, 3.8) is 0 Å². The molecular formula is C22H25N5O4. The number of nitrogen functional groups attached to an aromatic ring is 1. The third-order valence-corrected chi connectivity index (χ3v) is 5.31. The number of methoxy groups -OCH3 is 2. The van der Waals surface area contributed by atoms with Crippen molar-refractivity contribution in [3.05, 3.63) is 41.9 Å². The molecule has 1 amide bonds. The zero-order valence-corrected chi connectivity index (χ0v) is 17.8. The second-order valence-corrected chi connectivity index (χ2v) is 7.26. The second kappa shape index (κ2) is 8.55. The summed E-state index contributed by atoms with van der Waals surface area (Å²) in [5, 5.41) is 0.703. The molecule has 1 aromatic carbocycles. The van der Waals surface area contributed by atoms with Crippen LogP contribution in [0.1, 0.15) is 12.7 Å². The van der Waals surface area contributed by atoms with Gasteiger partial charge in [-0.3, -0.25) is 4.79 Å². The van der Waals surface area contributed by atoms with Crippen molar-refractivity contribution in [2.24, 2.45) is 0 Å². The summed E-state index contributed by atoms with van der Waals surface area (Å²) in [6.07, 6.45) is 3.34. The van der Waals surface area contributed by atoms with Crippen molar-refractivity contribution >= 4 is 34.7 Å². The monoisotopic (exact) mass is 423 g/mol. The summed E-state index contributed by atoms with van der Waals surface area (Å²) in [5.74, 6) is 2.71. The van der Waals surface area contributed by atoms with E-state index in [0.717, 1.165) is 0 Å². The van der Waals surface area contributed by atoms with Crippen molar-refractivity contribution in [2.75, 3.05) is 51.0 Å². The lowest BCUT2D eigenvalue weighted by atomic mass is 10.2. The van der Waals surface area contributed by atoms with Crippen molar-refractivity contribution in [1.29, 1.82) is 0 Å². The van der Waals surface area contributed by atoms with E-state index < -0.39 is 0 Å². The molecule has 0 atom stereocenters. The number of carbonyl (C=O) groups is 1. The number of aromatic nitrogens is 2. The number of hydrogen-bond acceptors (Lipinski definition) is 8. The number of carbonyl (C=O) groups excluding carboxylic acids is 1. The maximum absolute atomic E-state index is 12.7. The molecule has 1 saturated heterocycles. The average Bonchev–Trinajstić information content (AvgIpc) is 3.30. The van der Waals surface area contributed by atoms with Gasteiger partial charge in [-0.2, -0.15) is 4.98 Å². The van der Waals surface area contributed by atoms with Crippen molar-refractivity contribution in [3.8, 4) is 11.5 Å². The van der Waals surface area contributed by atoms with Crippen LogP contribution in [0.25, 0.3) is 17.0 Å². The number of ether oxygens (including phenoxy) is 2. The largest absolute Gasteiger partial charge is 0.493 e. The van der Waals surface area contributed by atoms with Crippen LogP contribution in [0.3, 0.4) is 0 Å². The van der Waals surface area contributed by atoms with Crippen LogP contribution < -0.4 is 20.1 Å². The summed E-state index contributed by atoms with van der Waals surface area (Å²) >= 11 is 0. The molecule has 0 aliphatic carbocycles. The fraction of sp³-hybridized carbons (Fsp3) is 0.318. The summed E-state index contributed by atoms with van der Waals surface area (Å²) in [6.45, 7) is 4.15. The van der Waals surface area contributed by atoms with Crippen LogP contribution in [0.5, 0.6) is 11.5 Å². The summed E-state index contributed by atoms with van der Waals surface area (Å²) in [6, 6.07) is 7.18. The minimum atomic E-state index is -0.00757. The molecule has 3 aromatic rings. The highest BCUT2D eigenvalue weighted by Crippen LogP contribution is 2.34. The molecule has 1 aliphatic rings. The smallest absolute Gasteiger partial charge is 0.249 e. The average molecular weight is 423 g/mol. The van der Waals surface area contributed by atoms with E-state index in [-0.39, 0.29) is 5.91 Å². The lowest BCUT2D eigenvalue weighted by Gasteiger charge is -2.35. The molecule has 1 aliphatic heterocycles. The van der Waals surface area contributed by atoms with E-state index >= 15 is 0 Å². The number of anilines is 2. The number of nitrogens with zero attached hydrogens (tertiary/aromatic N) is 4. The number of fused-ring (bicyclic) bond motifs is 1. The standard InChI is InChI=1S/C22H25N5O4/c1-14(11-15-5-4-10-31-15)21(28)26-6-8-27(9-7-26)22-24-17-13-19(30-3)18(29-2)12-16(17)20(23)25-22/h4-5,10-13H,6-9H2,1-3H3,(H2,23,24,25)/b14-11+. The van der Waals surface area contributed by atoms with Crippen molar-refractivity contribution in [1.82, 2.24) is 14.9 Å². The Bertz CT molecular complexity index is 1120. The van der Waals surface area contributed by atoms with Crippen LogP contribution in [0, 0.1) is 0 Å². The third-order valence-electron chi connectivity index (χ3n) is 5.31. The third kappa shape index (κ3) is 4.11. The SMILES string of the molecule is COc1cc2nc(N3CCN(C(=O)/C(C)=C/c4ccco4)CC3)nc(N)c2cc1OC. The summed E-state index contributed by atoms with van der Waals surface area (Å²) in [7, 11) is 3.15. The van der Waals surface area contributed by atoms with Crippen LogP contribution in [0.2, 0.25) is 0 Å². The van der Waals surface area contributed by atoms with Gasteiger partial charge in [0.25, 0.3) is 0 Å². The van der Waals surface area contributed by atoms with Gasteiger partial charge in [0, 0.05) is 43.2 Å². The summed E-state index contributed by atoms with van der Waals surface area (Å²) in [5.41, 5.74) is 7.52. The van der Waals surface area contributed by atoms with Crippen LogP contribution in [-0.4, -0.2) is 61.2 Å². The van der Waals surface area contributed by atoms with Crippen LogP contribution >= 0.6 is 0 Å². The molecule has 2 aromatic heterocycles. The van der Waals surface area contributed by atoms with E-state index in [1.165, 1.54) is 0 Å². The Balaban J connectivity index is 1.50. The Kier molecular flexibility index (Phi) is 5.66. The van der Waals surface area contributed by atoms with Crippen LogP contribution in [0.15, 0.2) is 40.5 Å². The predicted molar refractivity (Wildman–Crippen MR) is 118 cm³/mol. The molecule has 0 bridgehead atoms. The molecule has 9 nitrogen and oxygen atoms in total. The predicted octanol–water partition coefficient (Wildman–Crippen LogP) is 2.57. The molecule has 0 unspecified atom stereocenters. The summed E-state index contributed by atoms with van der Waals surface area (Å²) in [4.78, 5) is 25.8. The first kappa shape index (κ1) is 20.5. The topological polar surface area (TPSA) is 107 Å². The van der Waals surface area contributed by atoms with Gasteiger partial charge in [-0.05, 0) is 31.2 Å². The first-order valence-electron chi connectivity index (χ1n) is 9.95. The number of benzene rings is 1. The maximum Gasteiger partial charge on any atom is 0.249 e. The zero-order chi connectivity index (χ0) is 22.0. The number of piperazine rings is 1. The normalized spacial score (nSPS) is 14.7. The highest BCUT2D eigenvalue weighted by Gasteiger charge is 2.24. The number of amides is 1. The van der Waals surface area contributed by atoms with Gasteiger partial charge in [-0.1, -0.05) is 0 Å². The molecule has 0 radical (unpaired) electrons. The molecule has 31 heavy (non-hydrogen) atoms. The van der Waals surface area contributed by atoms with E-state index in [1.54, 1.807) is 51.7 Å². The lowest BCUT2D eigenvalue weighted by Crippen LogP contribution is -2.49. The van der Waals surface area contributed by atoms with E-state index in [4.69, 9.17) is 19.6 Å². The number of rotatable bonds is 5. The highest BCUT2D eigenvalue weighted by molar-refractivity contribution is 5.97. The van der Waals surface area contributed by atoms with Gasteiger partial charge in [-0.15, -0.1) is 0 Å². The minimum absolute atomic E-state index is 0.00757. The van der Waals surface area contributed by atoms with Crippen LogP contribution in [-0.2, 0) is 4.79 Å². The second-order valence-electron chi connectivity index (χ2n) is 7.26. The minimum Gasteiger partial charge on any atom is -0.493 e. The van der Waals surface area contributed by atoms with E-state index in [2.05, 4.69) is 9.97 Å². The molecule has 0 spiro atoms. The van der Waals surface area contributed by atoms with Crippen molar-refractivity contribution < 1.29 is 18.7 Å². The first-order valence-corrected chi connectivity index (χ1v) is 9.95. The lowest BCUT2D eigenvalue weighted by molar-refractivity contribution is -0.127. The van der Waals surface area contributed by atoms with Crippen LogP contribution in [0.4, 0.5) is 11.8 Å². The van der Waals surface area contributed by atoms with Gasteiger partial charge in [0.1, 0.15) is 11.6 Å². The molecule has 1 fully saturated rings. The molecule has 162 valence electrons. The highest BCUT2D eigenvalue weighted by atomic mass is 16.5. The molecule has 9 heteroatoms. The molecule has 3 heterocycles. The Morgan fingerprint density at radius 3 is 2.48 bits per heavy atom. The van der Waals surface area contributed by atoms with Gasteiger partial charge >= 0.3 is 0 Å². The Hall–Kier alpha value is -3.75. The quantitative estimate of drug-likeness (QED) is 0.624. The van der Waals surface area contributed by atoms with Crippen molar-refractivity contribution in [2.45, 2.75) is 6.92 Å². The Morgan fingerprint density at radius 1 is 1.13 bits per heavy atom. The number of hydrogen-bond donors (Lipinski definition) is 1. The number of furan rings is 1.